The van der Waals surface area contributed by atoms with Gasteiger partial charge in [0, 0.05) is 0 Å². The number of benzene rings is 3. The Hall–Kier alpha value is -2.66. The third-order valence-corrected chi connectivity index (χ3v) is 6.27. The summed E-state index contributed by atoms with van der Waals surface area (Å²) in [5.74, 6) is 0.885. The fourth-order valence-corrected chi connectivity index (χ4v) is 4.97. The van der Waals surface area contributed by atoms with Crippen molar-refractivity contribution in [3.8, 4) is 11.5 Å². The van der Waals surface area contributed by atoms with Crippen molar-refractivity contribution in [3.63, 3.8) is 0 Å². The second-order valence-electron chi connectivity index (χ2n) is 5.56. The van der Waals surface area contributed by atoms with E-state index in [0.717, 1.165) is 5.06 Å². The van der Waals surface area contributed by atoms with Crippen LogP contribution in [-0.2, 0) is 3.83 Å². The second kappa shape index (κ2) is 7.92. The molecule has 0 radical (unpaired) electrons. The molecule has 1 heterocycles. The van der Waals surface area contributed by atoms with Crippen molar-refractivity contribution in [2.24, 2.45) is 0 Å². The number of rotatable bonds is 6. The maximum atomic E-state index is 12.7. The molecule has 0 unspecified atom stereocenters. The number of hydrogen-bond donors (Lipinski definition) is 0. The molecular formula is C20H14AsNO4S. The molecule has 1 aliphatic rings. The van der Waals surface area contributed by atoms with Crippen LogP contribution in [0.2, 0.25) is 0 Å². The van der Waals surface area contributed by atoms with Crippen molar-refractivity contribution in [1.29, 1.82) is 0 Å². The van der Waals surface area contributed by atoms with Gasteiger partial charge in [0.1, 0.15) is 0 Å². The average Bonchev–Trinajstić information content (AvgIpc) is 2.95. The van der Waals surface area contributed by atoms with Gasteiger partial charge in [-0.15, -0.1) is 0 Å². The Bertz CT molecular complexity index is 891. The third kappa shape index (κ3) is 3.88. The predicted molar refractivity (Wildman–Crippen MR) is 105 cm³/mol. The summed E-state index contributed by atoms with van der Waals surface area (Å²) >= 11 is 2.50. The summed E-state index contributed by atoms with van der Waals surface area (Å²) in [4.78, 5) is 13.0. The van der Waals surface area contributed by atoms with E-state index in [0.29, 0.717) is 27.6 Å². The standard InChI is InChI=1S/C20H14AsNO4S/c23-19-17-13-7-8-14-18(17)20(27)22(19)26-21(24-15-9-3-1-4-10-15)25-16-11-5-2-6-12-16/h1-14H. The summed E-state index contributed by atoms with van der Waals surface area (Å²) in [6, 6.07) is 25.5. The topological polar surface area (TPSA) is 48.0 Å². The van der Waals surface area contributed by atoms with Crippen molar-refractivity contribution in [3.05, 3.63) is 96.1 Å². The maximum absolute atomic E-state index is 12.7. The van der Waals surface area contributed by atoms with E-state index in [9.17, 15) is 4.79 Å². The van der Waals surface area contributed by atoms with E-state index in [1.807, 2.05) is 42.5 Å². The molecule has 0 aliphatic carbocycles. The molecule has 7 heteroatoms. The van der Waals surface area contributed by atoms with Crippen molar-refractivity contribution >= 4 is 38.8 Å². The number of hydrogen-bond acceptors (Lipinski definition) is 5. The van der Waals surface area contributed by atoms with E-state index in [1.54, 1.807) is 42.5 Å². The summed E-state index contributed by atoms with van der Waals surface area (Å²) in [7, 11) is 0. The Morgan fingerprint density at radius 1 is 0.704 bits per heavy atom. The third-order valence-electron chi connectivity index (χ3n) is 3.75. The molecule has 0 bridgehead atoms. The van der Waals surface area contributed by atoms with E-state index >= 15 is 0 Å². The molecule has 1 aliphatic heterocycles. The first kappa shape index (κ1) is 17.7. The van der Waals surface area contributed by atoms with Crippen LogP contribution in [0.1, 0.15) is 15.9 Å². The molecular weight excluding hydrogens is 425 g/mol. The first-order chi connectivity index (χ1) is 13.2. The molecule has 5 nitrogen and oxygen atoms in total. The fourth-order valence-electron chi connectivity index (χ4n) is 2.49. The molecule has 1 amide bonds. The number of thiocarbonyl (C=S) groups is 1. The van der Waals surface area contributed by atoms with E-state index in [-0.39, 0.29) is 5.91 Å². The number of carbonyl (C=O) groups excluding carboxylic acids is 1. The zero-order valence-corrected chi connectivity index (χ0v) is 16.7. The fraction of sp³-hybridized carbons (Fsp3) is 0. The molecule has 0 atom stereocenters. The number of fused-ring (bicyclic) bond motifs is 1. The zero-order valence-electron chi connectivity index (χ0n) is 14.0. The summed E-state index contributed by atoms with van der Waals surface area (Å²) < 4.78 is 17.7. The Labute approximate surface area is 167 Å². The van der Waals surface area contributed by atoms with E-state index < -0.39 is 15.7 Å². The quantitative estimate of drug-likeness (QED) is 0.431. The van der Waals surface area contributed by atoms with Gasteiger partial charge in [0.2, 0.25) is 0 Å². The molecule has 4 rings (SSSR count). The Morgan fingerprint density at radius 2 is 1.19 bits per heavy atom. The minimum absolute atomic E-state index is 0.309. The first-order valence-electron chi connectivity index (χ1n) is 8.14. The number of para-hydroxylation sites is 2. The van der Waals surface area contributed by atoms with E-state index in [1.165, 1.54) is 0 Å². The summed E-state index contributed by atoms with van der Waals surface area (Å²) in [5, 5.41) is 1.10. The Balaban J connectivity index is 1.57. The minimum atomic E-state index is -2.91. The van der Waals surface area contributed by atoms with Crippen LogP contribution in [0.25, 0.3) is 0 Å². The molecule has 0 saturated heterocycles. The van der Waals surface area contributed by atoms with Crippen LogP contribution < -0.4 is 7.45 Å². The zero-order chi connectivity index (χ0) is 18.6. The van der Waals surface area contributed by atoms with Crippen molar-refractivity contribution in [2.45, 2.75) is 0 Å². The second-order valence-corrected chi connectivity index (χ2v) is 8.00. The van der Waals surface area contributed by atoms with Crippen molar-refractivity contribution in [2.75, 3.05) is 0 Å². The van der Waals surface area contributed by atoms with Gasteiger partial charge in [0.15, 0.2) is 0 Å². The van der Waals surface area contributed by atoms with Gasteiger partial charge in [-0.2, -0.15) is 0 Å². The predicted octanol–water partition coefficient (Wildman–Crippen LogP) is 3.89. The van der Waals surface area contributed by atoms with Gasteiger partial charge in [-0.3, -0.25) is 0 Å². The molecule has 0 spiro atoms. The van der Waals surface area contributed by atoms with Crippen molar-refractivity contribution in [1.82, 2.24) is 5.06 Å². The Morgan fingerprint density at radius 3 is 1.70 bits per heavy atom. The summed E-state index contributed by atoms with van der Waals surface area (Å²) in [6.07, 6.45) is 0. The molecule has 134 valence electrons. The first-order valence-corrected chi connectivity index (χ1v) is 10.8. The van der Waals surface area contributed by atoms with Gasteiger partial charge >= 0.3 is 167 Å². The molecule has 0 N–H and O–H groups in total. The van der Waals surface area contributed by atoms with E-state index in [2.05, 4.69) is 0 Å². The van der Waals surface area contributed by atoms with Gasteiger partial charge in [-0.1, -0.05) is 0 Å². The molecule has 0 fully saturated rings. The van der Waals surface area contributed by atoms with Crippen LogP contribution in [0.15, 0.2) is 84.9 Å². The van der Waals surface area contributed by atoms with Crippen LogP contribution in [0.3, 0.4) is 0 Å². The number of amides is 1. The van der Waals surface area contributed by atoms with E-state index in [4.69, 9.17) is 23.5 Å². The number of nitrogens with zero attached hydrogens (tertiary/aromatic N) is 1. The summed E-state index contributed by atoms with van der Waals surface area (Å²) in [6.45, 7) is 0. The van der Waals surface area contributed by atoms with Crippen molar-refractivity contribution < 1.29 is 16.1 Å². The average molecular weight is 439 g/mol. The molecule has 27 heavy (non-hydrogen) atoms. The van der Waals surface area contributed by atoms with Gasteiger partial charge in [0.25, 0.3) is 0 Å². The van der Waals surface area contributed by atoms with Crippen LogP contribution in [0.5, 0.6) is 11.5 Å². The molecule has 0 saturated carbocycles. The van der Waals surface area contributed by atoms with Crippen LogP contribution in [-0.4, -0.2) is 31.6 Å². The Kier molecular flexibility index (Phi) is 5.21. The van der Waals surface area contributed by atoms with Gasteiger partial charge < -0.3 is 0 Å². The molecule has 3 aromatic carbocycles. The monoisotopic (exact) mass is 439 g/mol. The normalized spacial score (nSPS) is 13.0. The van der Waals surface area contributed by atoms with Gasteiger partial charge in [0.05, 0.1) is 0 Å². The molecule has 3 aromatic rings. The van der Waals surface area contributed by atoms with Crippen LogP contribution in [0.4, 0.5) is 0 Å². The summed E-state index contributed by atoms with van der Waals surface area (Å²) in [5.41, 5.74) is 1.18. The number of carbonyl (C=O) groups is 1. The molecule has 0 aromatic heterocycles. The van der Waals surface area contributed by atoms with Gasteiger partial charge in [-0.05, 0) is 0 Å². The van der Waals surface area contributed by atoms with Crippen LogP contribution >= 0.6 is 12.2 Å². The SMILES string of the molecule is O=C1c2ccccc2C(=S)N1O[As](Oc1ccccc1)Oc1ccccc1. The van der Waals surface area contributed by atoms with Gasteiger partial charge in [-0.25, -0.2) is 0 Å². The number of hydroxylamine groups is 2. The van der Waals surface area contributed by atoms with Crippen LogP contribution in [0, 0.1) is 0 Å².